The van der Waals surface area contributed by atoms with Crippen LogP contribution in [0.25, 0.3) is 0 Å². The van der Waals surface area contributed by atoms with E-state index in [1.165, 1.54) is 12.1 Å². The molecule has 0 amide bonds. The fourth-order valence-electron chi connectivity index (χ4n) is 1.81. The molecular weight excluding hydrogens is 167 g/mol. The predicted molar refractivity (Wildman–Crippen MR) is 48.9 cm³/mol. The molecule has 0 radical (unpaired) electrons. The van der Waals surface area contributed by atoms with Crippen molar-refractivity contribution in [2.24, 2.45) is 0 Å². The Morgan fingerprint density at radius 3 is 2.38 bits per heavy atom. The molecule has 0 aromatic heterocycles. The number of hydrogen-bond acceptors (Lipinski definition) is 1. The van der Waals surface area contributed by atoms with E-state index in [1.54, 1.807) is 0 Å². The van der Waals surface area contributed by atoms with Crippen molar-refractivity contribution < 1.29 is 9.13 Å². The van der Waals surface area contributed by atoms with Gasteiger partial charge in [0.1, 0.15) is 5.82 Å². The molecule has 0 aliphatic carbocycles. The van der Waals surface area contributed by atoms with E-state index in [4.69, 9.17) is 4.74 Å². The van der Waals surface area contributed by atoms with Crippen LogP contribution in [0.2, 0.25) is 0 Å². The zero-order valence-corrected chi connectivity index (χ0v) is 7.72. The third-order valence-electron chi connectivity index (χ3n) is 2.83. The van der Waals surface area contributed by atoms with Gasteiger partial charge in [-0.05, 0) is 24.1 Å². The summed E-state index contributed by atoms with van der Waals surface area (Å²) in [5.41, 5.74) is 0.982. The average molecular weight is 180 g/mol. The zero-order chi connectivity index (χ0) is 9.31. The Kier molecular flexibility index (Phi) is 2.08. The van der Waals surface area contributed by atoms with E-state index in [1.807, 2.05) is 12.1 Å². The van der Waals surface area contributed by atoms with Gasteiger partial charge in [-0.15, -0.1) is 0 Å². The molecule has 0 N–H and O–H groups in total. The summed E-state index contributed by atoms with van der Waals surface area (Å²) in [7, 11) is 0. The topological polar surface area (TPSA) is 9.23 Å². The average Bonchev–Trinajstić information content (AvgIpc) is 2.07. The molecule has 1 aliphatic rings. The highest BCUT2D eigenvalue weighted by Gasteiger charge is 2.38. The molecule has 1 atom stereocenters. The van der Waals surface area contributed by atoms with Crippen LogP contribution in [0.15, 0.2) is 24.3 Å². The van der Waals surface area contributed by atoms with E-state index in [9.17, 15) is 4.39 Å². The predicted octanol–water partition coefficient (Wildman–Crippen LogP) is 2.85. The number of benzene rings is 1. The van der Waals surface area contributed by atoms with E-state index < -0.39 is 0 Å². The van der Waals surface area contributed by atoms with Crippen LogP contribution in [0.1, 0.15) is 25.3 Å². The normalized spacial score (nSPS) is 26.9. The maximum atomic E-state index is 12.7. The molecule has 1 aromatic rings. The second-order valence-electron chi connectivity index (χ2n) is 3.45. The van der Waals surface area contributed by atoms with Crippen molar-refractivity contribution in [1.29, 1.82) is 0 Å². The van der Waals surface area contributed by atoms with E-state index in [0.717, 1.165) is 25.0 Å². The molecule has 1 aromatic carbocycles. The molecule has 2 rings (SSSR count). The number of rotatable bonds is 2. The quantitative estimate of drug-likeness (QED) is 0.680. The van der Waals surface area contributed by atoms with Gasteiger partial charge >= 0.3 is 0 Å². The van der Waals surface area contributed by atoms with E-state index in [2.05, 4.69) is 6.92 Å². The molecule has 70 valence electrons. The van der Waals surface area contributed by atoms with Gasteiger partial charge in [0.25, 0.3) is 0 Å². The number of hydrogen-bond donors (Lipinski definition) is 0. The van der Waals surface area contributed by atoms with Gasteiger partial charge in [-0.2, -0.15) is 0 Å². The van der Waals surface area contributed by atoms with Gasteiger partial charge in [0.2, 0.25) is 0 Å². The van der Waals surface area contributed by atoms with Crippen LogP contribution in [0, 0.1) is 5.82 Å². The molecule has 1 saturated heterocycles. The molecule has 1 heterocycles. The third kappa shape index (κ3) is 1.35. The summed E-state index contributed by atoms with van der Waals surface area (Å²) in [5, 5.41) is 0. The molecule has 1 unspecified atom stereocenters. The van der Waals surface area contributed by atoms with E-state index in [0.29, 0.717) is 0 Å². The summed E-state index contributed by atoms with van der Waals surface area (Å²) in [4.78, 5) is 0. The van der Waals surface area contributed by atoms with E-state index in [-0.39, 0.29) is 11.4 Å². The standard InChI is InChI=1S/C11H13FO/c1-2-11(7-8-13-11)9-3-5-10(12)6-4-9/h3-6H,2,7-8H2,1H3. The molecule has 1 nitrogen and oxygen atoms in total. The first-order valence-corrected chi connectivity index (χ1v) is 4.67. The van der Waals surface area contributed by atoms with Crippen molar-refractivity contribution in [3.05, 3.63) is 35.6 Å². The van der Waals surface area contributed by atoms with Crippen LogP contribution in [-0.2, 0) is 10.3 Å². The first-order chi connectivity index (χ1) is 6.27. The lowest BCUT2D eigenvalue weighted by Crippen LogP contribution is -2.40. The molecule has 0 bridgehead atoms. The fraction of sp³-hybridized carbons (Fsp3) is 0.455. The summed E-state index contributed by atoms with van der Waals surface area (Å²) < 4.78 is 18.2. The Morgan fingerprint density at radius 2 is 2.00 bits per heavy atom. The van der Waals surface area contributed by atoms with Gasteiger partial charge < -0.3 is 4.74 Å². The summed E-state index contributed by atoms with van der Waals surface area (Å²) in [6, 6.07) is 6.62. The molecule has 0 spiro atoms. The minimum atomic E-state index is -0.186. The summed E-state index contributed by atoms with van der Waals surface area (Å²) in [5.74, 6) is -0.186. The summed E-state index contributed by atoms with van der Waals surface area (Å²) in [6.45, 7) is 2.92. The lowest BCUT2D eigenvalue weighted by Gasteiger charge is -2.41. The van der Waals surface area contributed by atoms with Crippen molar-refractivity contribution in [2.45, 2.75) is 25.4 Å². The molecule has 13 heavy (non-hydrogen) atoms. The highest BCUT2D eigenvalue weighted by molar-refractivity contribution is 5.24. The third-order valence-corrected chi connectivity index (χ3v) is 2.83. The maximum absolute atomic E-state index is 12.7. The van der Waals surface area contributed by atoms with Gasteiger partial charge in [0.15, 0.2) is 0 Å². The number of ether oxygens (including phenoxy) is 1. The molecule has 0 saturated carbocycles. The van der Waals surface area contributed by atoms with Crippen LogP contribution in [0.4, 0.5) is 4.39 Å². The highest BCUT2D eigenvalue weighted by atomic mass is 19.1. The largest absolute Gasteiger partial charge is 0.370 e. The molecule has 1 aliphatic heterocycles. The fourth-order valence-corrected chi connectivity index (χ4v) is 1.81. The van der Waals surface area contributed by atoms with Crippen molar-refractivity contribution >= 4 is 0 Å². The first kappa shape index (κ1) is 8.70. The van der Waals surface area contributed by atoms with Crippen LogP contribution in [-0.4, -0.2) is 6.61 Å². The highest BCUT2D eigenvalue weighted by Crippen LogP contribution is 2.40. The van der Waals surface area contributed by atoms with Crippen LogP contribution in [0.3, 0.4) is 0 Å². The van der Waals surface area contributed by atoms with Gasteiger partial charge in [-0.25, -0.2) is 4.39 Å². The van der Waals surface area contributed by atoms with Gasteiger partial charge in [-0.1, -0.05) is 19.1 Å². The second-order valence-corrected chi connectivity index (χ2v) is 3.45. The van der Waals surface area contributed by atoms with Crippen LogP contribution < -0.4 is 0 Å². The second kappa shape index (κ2) is 3.11. The van der Waals surface area contributed by atoms with Gasteiger partial charge in [0.05, 0.1) is 12.2 Å². The van der Waals surface area contributed by atoms with Crippen molar-refractivity contribution in [3.63, 3.8) is 0 Å². The zero-order valence-electron chi connectivity index (χ0n) is 7.72. The molecule has 1 fully saturated rings. The molecule has 2 heteroatoms. The SMILES string of the molecule is CCC1(c2ccc(F)cc2)CCO1. The van der Waals surface area contributed by atoms with Crippen molar-refractivity contribution in [1.82, 2.24) is 0 Å². The van der Waals surface area contributed by atoms with Crippen molar-refractivity contribution in [2.75, 3.05) is 6.61 Å². The Balaban J connectivity index is 2.28. The lowest BCUT2D eigenvalue weighted by atomic mass is 9.84. The Labute approximate surface area is 77.5 Å². The van der Waals surface area contributed by atoms with Crippen molar-refractivity contribution in [3.8, 4) is 0 Å². The summed E-state index contributed by atoms with van der Waals surface area (Å²) in [6.07, 6.45) is 2.01. The lowest BCUT2D eigenvalue weighted by molar-refractivity contribution is -0.156. The smallest absolute Gasteiger partial charge is 0.123 e. The van der Waals surface area contributed by atoms with Crippen LogP contribution >= 0.6 is 0 Å². The minimum Gasteiger partial charge on any atom is -0.370 e. The maximum Gasteiger partial charge on any atom is 0.123 e. The van der Waals surface area contributed by atoms with E-state index >= 15 is 0 Å². The summed E-state index contributed by atoms with van der Waals surface area (Å²) >= 11 is 0. The monoisotopic (exact) mass is 180 g/mol. The number of halogens is 1. The first-order valence-electron chi connectivity index (χ1n) is 4.67. The Hall–Kier alpha value is -0.890. The minimum absolute atomic E-state index is 0.117. The Bertz CT molecular complexity index is 282. The van der Waals surface area contributed by atoms with Crippen LogP contribution in [0.5, 0.6) is 0 Å². The van der Waals surface area contributed by atoms with Gasteiger partial charge in [0, 0.05) is 6.42 Å². The molecular formula is C11H13FO. The van der Waals surface area contributed by atoms with Gasteiger partial charge in [-0.3, -0.25) is 0 Å². The Morgan fingerprint density at radius 1 is 1.38 bits per heavy atom.